The molecule has 1 aliphatic carbocycles. The highest BCUT2D eigenvalue weighted by Crippen LogP contribution is 2.23. The van der Waals surface area contributed by atoms with Crippen molar-refractivity contribution in [3.8, 4) is 6.07 Å². The molecule has 1 saturated carbocycles. The summed E-state index contributed by atoms with van der Waals surface area (Å²) in [5, 5.41) is 20.8. The number of aliphatic hydroxyl groups excluding tert-OH is 1. The third-order valence-electron chi connectivity index (χ3n) is 3.85. The first-order chi connectivity index (χ1) is 10.2. The van der Waals surface area contributed by atoms with Crippen LogP contribution in [0.15, 0.2) is 24.3 Å². The SMILES string of the molecule is N#Cc1cccc(NC(=O)CN(CCO)C2CCCC2)c1. The van der Waals surface area contributed by atoms with Gasteiger partial charge in [-0.15, -0.1) is 0 Å². The first-order valence-corrected chi connectivity index (χ1v) is 7.38. The summed E-state index contributed by atoms with van der Waals surface area (Å²) in [4.78, 5) is 14.2. The minimum absolute atomic E-state index is 0.0632. The van der Waals surface area contributed by atoms with E-state index in [0.717, 1.165) is 12.8 Å². The molecule has 2 rings (SSSR count). The average molecular weight is 287 g/mol. The smallest absolute Gasteiger partial charge is 0.238 e. The molecule has 0 unspecified atom stereocenters. The van der Waals surface area contributed by atoms with Gasteiger partial charge in [0, 0.05) is 18.3 Å². The van der Waals surface area contributed by atoms with Crippen LogP contribution in [0.2, 0.25) is 0 Å². The van der Waals surface area contributed by atoms with Gasteiger partial charge in [0.25, 0.3) is 0 Å². The minimum atomic E-state index is -0.106. The molecule has 0 heterocycles. The van der Waals surface area contributed by atoms with Crippen LogP contribution in [-0.2, 0) is 4.79 Å². The predicted molar refractivity (Wildman–Crippen MR) is 80.7 cm³/mol. The lowest BCUT2D eigenvalue weighted by molar-refractivity contribution is -0.118. The monoisotopic (exact) mass is 287 g/mol. The van der Waals surface area contributed by atoms with E-state index in [0.29, 0.717) is 23.8 Å². The fraction of sp³-hybridized carbons (Fsp3) is 0.500. The van der Waals surface area contributed by atoms with Gasteiger partial charge in [-0.1, -0.05) is 18.9 Å². The van der Waals surface area contributed by atoms with Gasteiger partial charge < -0.3 is 10.4 Å². The molecule has 21 heavy (non-hydrogen) atoms. The number of hydrogen-bond donors (Lipinski definition) is 2. The molecule has 1 aliphatic rings. The van der Waals surface area contributed by atoms with Crippen molar-refractivity contribution in [1.82, 2.24) is 4.90 Å². The number of hydrogen-bond acceptors (Lipinski definition) is 4. The number of aliphatic hydroxyl groups is 1. The summed E-state index contributed by atoms with van der Waals surface area (Å²) in [6, 6.07) is 9.32. The van der Waals surface area contributed by atoms with Gasteiger partial charge in [0.15, 0.2) is 0 Å². The summed E-state index contributed by atoms with van der Waals surface area (Å²) in [6.07, 6.45) is 4.57. The number of nitrogens with one attached hydrogen (secondary N) is 1. The zero-order valence-electron chi connectivity index (χ0n) is 12.1. The number of rotatable bonds is 6. The van der Waals surface area contributed by atoms with Gasteiger partial charge in [0.1, 0.15) is 0 Å². The van der Waals surface area contributed by atoms with Crippen molar-refractivity contribution in [1.29, 1.82) is 5.26 Å². The zero-order valence-corrected chi connectivity index (χ0v) is 12.1. The summed E-state index contributed by atoms with van der Waals surface area (Å²) < 4.78 is 0. The zero-order chi connectivity index (χ0) is 15.1. The largest absolute Gasteiger partial charge is 0.395 e. The van der Waals surface area contributed by atoms with Crippen molar-refractivity contribution in [2.75, 3.05) is 25.0 Å². The lowest BCUT2D eigenvalue weighted by Gasteiger charge is -2.27. The second kappa shape index (κ2) is 7.77. The summed E-state index contributed by atoms with van der Waals surface area (Å²) >= 11 is 0. The third-order valence-corrected chi connectivity index (χ3v) is 3.85. The molecular weight excluding hydrogens is 266 g/mol. The Morgan fingerprint density at radius 1 is 1.43 bits per heavy atom. The first kappa shape index (κ1) is 15.5. The van der Waals surface area contributed by atoms with Crippen LogP contribution in [0.25, 0.3) is 0 Å². The Labute approximate surface area is 125 Å². The molecule has 0 aromatic heterocycles. The van der Waals surface area contributed by atoms with E-state index >= 15 is 0 Å². The van der Waals surface area contributed by atoms with Gasteiger partial charge in [-0.2, -0.15) is 5.26 Å². The van der Waals surface area contributed by atoms with Crippen molar-refractivity contribution in [2.45, 2.75) is 31.7 Å². The molecule has 5 heteroatoms. The second-order valence-electron chi connectivity index (χ2n) is 5.37. The van der Waals surface area contributed by atoms with Crippen LogP contribution in [0.1, 0.15) is 31.2 Å². The molecule has 0 atom stereocenters. The lowest BCUT2D eigenvalue weighted by atomic mass is 10.2. The molecule has 0 spiro atoms. The average Bonchev–Trinajstić information content (AvgIpc) is 3.01. The van der Waals surface area contributed by atoms with Crippen LogP contribution in [0.4, 0.5) is 5.69 Å². The van der Waals surface area contributed by atoms with E-state index in [4.69, 9.17) is 10.4 Å². The highest BCUT2D eigenvalue weighted by atomic mass is 16.3. The molecule has 5 nitrogen and oxygen atoms in total. The van der Waals surface area contributed by atoms with Crippen LogP contribution in [-0.4, -0.2) is 41.7 Å². The molecule has 0 saturated heterocycles. The number of nitrogens with zero attached hydrogens (tertiary/aromatic N) is 2. The van der Waals surface area contributed by atoms with Crippen molar-refractivity contribution in [3.05, 3.63) is 29.8 Å². The van der Waals surface area contributed by atoms with Gasteiger partial charge in [0.05, 0.1) is 24.8 Å². The van der Waals surface area contributed by atoms with Gasteiger partial charge in [-0.05, 0) is 31.0 Å². The maximum absolute atomic E-state index is 12.1. The van der Waals surface area contributed by atoms with E-state index in [1.165, 1.54) is 12.8 Å². The second-order valence-corrected chi connectivity index (χ2v) is 5.37. The van der Waals surface area contributed by atoms with Gasteiger partial charge in [-0.3, -0.25) is 9.69 Å². The number of nitriles is 1. The van der Waals surface area contributed by atoms with Crippen molar-refractivity contribution < 1.29 is 9.90 Å². The highest BCUT2D eigenvalue weighted by Gasteiger charge is 2.23. The molecule has 1 aromatic carbocycles. The van der Waals surface area contributed by atoms with E-state index < -0.39 is 0 Å². The van der Waals surface area contributed by atoms with E-state index in [-0.39, 0.29) is 19.1 Å². The molecule has 1 fully saturated rings. The van der Waals surface area contributed by atoms with E-state index in [9.17, 15) is 4.79 Å². The molecule has 112 valence electrons. The molecule has 2 N–H and O–H groups in total. The van der Waals surface area contributed by atoms with Crippen LogP contribution in [0.5, 0.6) is 0 Å². The van der Waals surface area contributed by atoms with E-state index in [1.807, 2.05) is 0 Å². The van der Waals surface area contributed by atoms with Crippen LogP contribution in [0.3, 0.4) is 0 Å². The van der Waals surface area contributed by atoms with Crippen LogP contribution >= 0.6 is 0 Å². The first-order valence-electron chi connectivity index (χ1n) is 7.38. The Kier molecular flexibility index (Phi) is 5.73. The predicted octanol–water partition coefficient (Wildman–Crippen LogP) is 1.73. The number of carbonyl (C=O) groups excluding carboxylic acids is 1. The third kappa shape index (κ3) is 4.55. The molecule has 0 bridgehead atoms. The lowest BCUT2D eigenvalue weighted by Crippen LogP contribution is -2.41. The van der Waals surface area contributed by atoms with Crippen LogP contribution < -0.4 is 5.32 Å². The Bertz CT molecular complexity index is 518. The van der Waals surface area contributed by atoms with Crippen LogP contribution in [0, 0.1) is 11.3 Å². The number of benzene rings is 1. The standard InChI is InChI=1S/C16H21N3O2/c17-11-13-4-3-5-14(10-13)18-16(21)12-19(8-9-20)15-6-1-2-7-15/h3-5,10,15,20H,1-2,6-9,12H2,(H,18,21). The summed E-state index contributed by atoms with van der Waals surface area (Å²) in [5.74, 6) is -0.106. The summed E-state index contributed by atoms with van der Waals surface area (Å²) in [6.45, 7) is 0.867. The minimum Gasteiger partial charge on any atom is -0.395 e. The number of amides is 1. The number of anilines is 1. The maximum Gasteiger partial charge on any atom is 0.238 e. The Balaban J connectivity index is 1.93. The fourth-order valence-electron chi connectivity index (χ4n) is 2.84. The van der Waals surface area contributed by atoms with Gasteiger partial charge in [0.2, 0.25) is 5.91 Å². The molecule has 0 aliphatic heterocycles. The van der Waals surface area contributed by atoms with Crippen molar-refractivity contribution in [2.24, 2.45) is 0 Å². The quantitative estimate of drug-likeness (QED) is 0.835. The highest BCUT2D eigenvalue weighted by molar-refractivity contribution is 5.92. The number of carbonyl (C=O) groups is 1. The normalized spacial score (nSPS) is 15.1. The summed E-state index contributed by atoms with van der Waals surface area (Å²) in [5.41, 5.74) is 1.16. The van der Waals surface area contributed by atoms with Crippen molar-refractivity contribution >= 4 is 11.6 Å². The van der Waals surface area contributed by atoms with Gasteiger partial charge in [-0.25, -0.2) is 0 Å². The Morgan fingerprint density at radius 3 is 2.86 bits per heavy atom. The Morgan fingerprint density at radius 2 is 2.19 bits per heavy atom. The van der Waals surface area contributed by atoms with E-state index in [2.05, 4.69) is 16.3 Å². The molecule has 1 amide bonds. The Hall–Kier alpha value is -1.90. The summed E-state index contributed by atoms with van der Waals surface area (Å²) in [7, 11) is 0. The maximum atomic E-state index is 12.1. The molecule has 0 radical (unpaired) electrons. The fourth-order valence-corrected chi connectivity index (χ4v) is 2.84. The van der Waals surface area contributed by atoms with E-state index in [1.54, 1.807) is 24.3 Å². The molecular formula is C16H21N3O2. The van der Waals surface area contributed by atoms with Crippen molar-refractivity contribution in [3.63, 3.8) is 0 Å². The van der Waals surface area contributed by atoms with Gasteiger partial charge >= 0.3 is 0 Å². The topological polar surface area (TPSA) is 76.4 Å². The molecule has 1 aromatic rings.